The Labute approximate surface area is 147 Å². The van der Waals surface area contributed by atoms with Crippen LogP contribution in [0, 0.1) is 6.92 Å². The van der Waals surface area contributed by atoms with E-state index in [-0.39, 0.29) is 11.2 Å². The molecule has 1 fully saturated rings. The molecule has 1 aromatic carbocycles. The van der Waals surface area contributed by atoms with Crippen molar-refractivity contribution in [2.75, 3.05) is 0 Å². The monoisotopic (exact) mass is 343 g/mol. The largest absolute Gasteiger partial charge is 0.352 e. The average Bonchev–Trinajstić information content (AvgIpc) is 3.19. The fourth-order valence-corrected chi connectivity index (χ4v) is 3.98. The standard InChI is InChI=1S/C19H25N3OS/c1-13-17(12-15-8-4-3-5-9-15)22-19(20-13)24-14(2)18(23)21-16-10-6-7-11-16/h3-5,8-9,14,16H,6-7,10-12H2,1-2H3,(H,20,22)(H,21,23)/t14-/m0/s1. The molecule has 1 aliphatic carbocycles. The van der Waals surface area contributed by atoms with Crippen molar-refractivity contribution >= 4 is 17.7 Å². The lowest BCUT2D eigenvalue weighted by Gasteiger charge is -2.15. The minimum Gasteiger partial charge on any atom is -0.352 e. The van der Waals surface area contributed by atoms with E-state index in [1.54, 1.807) is 0 Å². The van der Waals surface area contributed by atoms with E-state index in [0.717, 1.165) is 35.8 Å². The number of nitrogens with one attached hydrogen (secondary N) is 2. The second kappa shape index (κ2) is 7.88. The summed E-state index contributed by atoms with van der Waals surface area (Å²) < 4.78 is 0. The fourth-order valence-electron chi connectivity index (χ4n) is 3.09. The van der Waals surface area contributed by atoms with E-state index in [4.69, 9.17) is 0 Å². The number of H-pyrrole nitrogens is 1. The van der Waals surface area contributed by atoms with Gasteiger partial charge in [0.15, 0.2) is 5.16 Å². The summed E-state index contributed by atoms with van der Waals surface area (Å²) in [5.41, 5.74) is 3.37. The summed E-state index contributed by atoms with van der Waals surface area (Å²) in [5.74, 6) is 0.116. The first-order valence-electron chi connectivity index (χ1n) is 8.68. The third kappa shape index (κ3) is 4.41. The molecule has 24 heavy (non-hydrogen) atoms. The van der Waals surface area contributed by atoms with Gasteiger partial charge in [-0.25, -0.2) is 4.98 Å². The number of rotatable bonds is 6. The number of imidazole rings is 1. The van der Waals surface area contributed by atoms with Crippen molar-refractivity contribution < 1.29 is 4.79 Å². The van der Waals surface area contributed by atoms with Gasteiger partial charge in [0.25, 0.3) is 0 Å². The molecule has 0 saturated heterocycles. The zero-order chi connectivity index (χ0) is 16.9. The van der Waals surface area contributed by atoms with Gasteiger partial charge >= 0.3 is 0 Å². The predicted octanol–water partition coefficient (Wildman–Crippen LogP) is 3.85. The summed E-state index contributed by atoms with van der Waals surface area (Å²) in [7, 11) is 0. The van der Waals surface area contributed by atoms with Gasteiger partial charge in [-0.15, -0.1) is 0 Å². The van der Waals surface area contributed by atoms with E-state index in [9.17, 15) is 4.79 Å². The molecule has 0 bridgehead atoms. The maximum Gasteiger partial charge on any atom is 0.233 e. The predicted molar refractivity (Wildman–Crippen MR) is 98.3 cm³/mol. The number of nitrogens with zero attached hydrogens (tertiary/aromatic N) is 1. The Kier molecular flexibility index (Phi) is 5.61. The summed E-state index contributed by atoms with van der Waals surface area (Å²) in [5, 5.41) is 3.85. The lowest BCUT2D eigenvalue weighted by atomic mass is 10.1. The molecule has 1 amide bonds. The van der Waals surface area contributed by atoms with Crippen molar-refractivity contribution in [1.29, 1.82) is 0 Å². The molecule has 1 heterocycles. The van der Waals surface area contributed by atoms with Gasteiger partial charge < -0.3 is 10.3 Å². The van der Waals surface area contributed by atoms with Crippen LogP contribution < -0.4 is 5.32 Å². The number of amides is 1. The zero-order valence-corrected chi connectivity index (χ0v) is 15.2. The van der Waals surface area contributed by atoms with Gasteiger partial charge in [0.1, 0.15) is 0 Å². The summed E-state index contributed by atoms with van der Waals surface area (Å²) in [4.78, 5) is 20.3. The van der Waals surface area contributed by atoms with Crippen LogP contribution in [0.15, 0.2) is 35.5 Å². The van der Waals surface area contributed by atoms with Crippen LogP contribution in [0.4, 0.5) is 0 Å². The molecule has 0 unspecified atom stereocenters. The summed E-state index contributed by atoms with van der Waals surface area (Å²) in [6, 6.07) is 10.7. The second-order valence-corrected chi connectivity index (χ2v) is 7.86. The molecule has 1 aliphatic rings. The first-order chi connectivity index (χ1) is 11.6. The number of benzene rings is 1. The van der Waals surface area contributed by atoms with E-state index in [1.165, 1.54) is 30.2 Å². The lowest BCUT2D eigenvalue weighted by molar-refractivity contribution is -0.120. The highest BCUT2D eigenvalue weighted by Crippen LogP contribution is 2.24. The van der Waals surface area contributed by atoms with Gasteiger partial charge in [0, 0.05) is 18.2 Å². The molecule has 5 heteroatoms. The highest BCUT2D eigenvalue weighted by Gasteiger charge is 2.22. The van der Waals surface area contributed by atoms with Gasteiger partial charge in [-0.1, -0.05) is 54.9 Å². The Morgan fingerprint density at radius 1 is 1.33 bits per heavy atom. The first kappa shape index (κ1) is 17.1. The summed E-state index contributed by atoms with van der Waals surface area (Å²) >= 11 is 1.50. The molecule has 0 radical (unpaired) electrons. The van der Waals surface area contributed by atoms with Crippen LogP contribution in [0.3, 0.4) is 0 Å². The smallest absolute Gasteiger partial charge is 0.233 e. The number of carbonyl (C=O) groups excluding carboxylic acids is 1. The molecule has 128 valence electrons. The van der Waals surface area contributed by atoms with Gasteiger partial charge in [-0.3, -0.25) is 4.79 Å². The van der Waals surface area contributed by atoms with Crippen molar-refractivity contribution in [3.05, 3.63) is 47.3 Å². The molecule has 0 aliphatic heterocycles. The quantitative estimate of drug-likeness (QED) is 0.783. The Morgan fingerprint density at radius 3 is 2.75 bits per heavy atom. The van der Waals surface area contributed by atoms with Crippen molar-refractivity contribution in [3.63, 3.8) is 0 Å². The van der Waals surface area contributed by atoms with Crippen molar-refractivity contribution in [1.82, 2.24) is 15.3 Å². The maximum atomic E-state index is 12.3. The highest BCUT2D eigenvalue weighted by molar-refractivity contribution is 8.00. The Balaban J connectivity index is 1.58. The third-order valence-electron chi connectivity index (χ3n) is 4.54. The Hall–Kier alpha value is -1.75. The molecule has 0 spiro atoms. The Morgan fingerprint density at radius 2 is 2.04 bits per heavy atom. The van der Waals surface area contributed by atoms with E-state index in [1.807, 2.05) is 32.0 Å². The number of hydrogen-bond donors (Lipinski definition) is 2. The van der Waals surface area contributed by atoms with Crippen LogP contribution in [0.1, 0.15) is 49.6 Å². The number of aromatic amines is 1. The van der Waals surface area contributed by atoms with Crippen molar-refractivity contribution in [3.8, 4) is 0 Å². The molecule has 1 aromatic heterocycles. The normalized spacial score (nSPS) is 16.2. The van der Waals surface area contributed by atoms with Crippen molar-refractivity contribution in [2.45, 2.75) is 62.4 Å². The topological polar surface area (TPSA) is 57.8 Å². The van der Waals surface area contributed by atoms with E-state index >= 15 is 0 Å². The van der Waals surface area contributed by atoms with Crippen LogP contribution in [0.2, 0.25) is 0 Å². The number of aryl methyl sites for hydroxylation is 1. The molecular weight excluding hydrogens is 318 g/mol. The number of thioether (sulfide) groups is 1. The van der Waals surface area contributed by atoms with Crippen LogP contribution in [0.25, 0.3) is 0 Å². The molecular formula is C19H25N3OS. The molecule has 1 atom stereocenters. The number of hydrogen-bond acceptors (Lipinski definition) is 3. The number of aromatic nitrogens is 2. The van der Waals surface area contributed by atoms with E-state index in [0.29, 0.717) is 6.04 Å². The average molecular weight is 343 g/mol. The van der Waals surface area contributed by atoms with Gasteiger partial charge in [-0.05, 0) is 32.3 Å². The van der Waals surface area contributed by atoms with Gasteiger partial charge in [0.05, 0.1) is 10.9 Å². The lowest BCUT2D eigenvalue weighted by Crippen LogP contribution is -2.37. The third-order valence-corrected chi connectivity index (χ3v) is 5.52. The summed E-state index contributed by atoms with van der Waals surface area (Å²) in [6.45, 7) is 3.99. The highest BCUT2D eigenvalue weighted by atomic mass is 32.2. The van der Waals surface area contributed by atoms with Crippen LogP contribution in [-0.2, 0) is 11.2 Å². The van der Waals surface area contributed by atoms with Crippen LogP contribution in [0.5, 0.6) is 0 Å². The van der Waals surface area contributed by atoms with Crippen molar-refractivity contribution in [2.24, 2.45) is 0 Å². The first-order valence-corrected chi connectivity index (χ1v) is 9.56. The van der Waals surface area contributed by atoms with E-state index < -0.39 is 0 Å². The molecule has 2 N–H and O–H groups in total. The second-order valence-electron chi connectivity index (χ2n) is 6.53. The van der Waals surface area contributed by atoms with Gasteiger partial charge in [-0.2, -0.15) is 0 Å². The van der Waals surface area contributed by atoms with Crippen LogP contribution in [-0.4, -0.2) is 27.2 Å². The number of carbonyl (C=O) groups is 1. The molecule has 2 aromatic rings. The molecule has 3 rings (SSSR count). The molecule has 4 nitrogen and oxygen atoms in total. The minimum atomic E-state index is -0.138. The summed E-state index contributed by atoms with van der Waals surface area (Å²) in [6.07, 6.45) is 5.50. The molecule has 1 saturated carbocycles. The maximum absolute atomic E-state index is 12.3. The SMILES string of the molecule is Cc1[nH]c(S[C@@H](C)C(=O)NC2CCCC2)nc1Cc1ccccc1. The minimum absolute atomic E-state index is 0.116. The zero-order valence-electron chi connectivity index (χ0n) is 14.3. The van der Waals surface area contributed by atoms with E-state index in [2.05, 4.69) is 27.4 Å². The van der Waals surface area contributed by atoms with Crippen LogP contribution >= 0.6 is 11.8 Å². The Bertz CT molecular complexity index is 677. The fraction of sp³-hybridized carbons (Fsp3) is 0.474. The van der Waals surface area contributed by atoms with Gasteiger partial charge in [0.2, 0.25) is 5.91 Å².